The van der Waals surface area contributed by atoms with Crippen LogP contribution in [-0.2, 0) is 0 Å². The quantitative estimate of drug-likeness (QED) is 0.642. The van der Waals surface area contributed by atoms with E-state index in [1.807, 2.05) is 0 Å². The highest BCUT2D eigenvalue weighted by Crippen LogP contribution is 2.28. The molecule has 64 valence electrons. The summed E-state index contributed by atoms with van der Waals surface area (Å²) < 4.78 is 0. The number of nitrogens with one attached hydrogen (secondary N) is 1. The van der Waals surface area contributed by atoms with E-state index in [1.54, 1.807) is 0 Å². The molecule has 11 heavy (non-hydrogen) atoms. The first-order chi connectivity index (χ1) is 5.36. The van der Waals surface area contributed by atoms with Crippen LogP contribution in [0.5, 0.6) is 0 Å². The maximum atomic E-state index is 3.74. The lowest BCUT2D eigenvalue weighted by atomic mass is 9.86. The van der Waals surface area contributed by atoms with Gasteiger partial charge in [0.1, 0.15) is 0 Å². The second kappa shape index (κ2) is 3.14. The van der Waals surface area contributed by atoms with Gasteiger partial charge in [0, 0.05) is 12.1 Å². The fraction of sp³-hybridized carbons (Fsp3) is 1.00. The molecule has 0 amide bonds. The lowest BCUT2D eigenvalue weighted by Crippen LogP contribution is -2.38. The summed E-state index contributed by atoms with van der Waals surface area (Å²) in [5.74, 6) is 0.935. The Hall–Kier alpha value is -0.0400. The van der Waals surface area contributed by atoms with Crippen molar-refractivity contribution in [1.29, 1.82) is 0 Å². The van der Waals surface area contributed by atoms with Crippen molar-refractivity contribution >= 4 is 0 Å². The average molecular weight is 153 g/mol. The molecule has 0 unspecified atom stereocenters. The highest BCUT2D eigenvalue weighted by Gasteiger charge is 2.28. The number of hydrogen-bond acceptors (Lipinski definition) is 1. The van der Waals surface area contributed by atoms with E-state index in [9.17, 15) is 0 Å². The lowest BCUT2D eigenvalue weighted by Gasteiger charge is -2.29. The summed E-state index contributed by atoms with van der Waals surface area (Å²) in [5.41, 5.74) is 0. The molecule has 2 saturated carbocycles. The van der Waals surface area contributed by atoms with E-state index in [1.165, 1.54) is 38.5 Å². The smallest absolute Gasteiger partial charge is 0.00952 e. The van der Waals surface area contributed by atoms with Gasteiger partial charge in [0.05, 0.1) is 0 Å². The zero-order valence-corrected chi connectivity index (χ0v) is 7.47. The van der Waals surface area contributed by atoms with Crippen molar-refractivity contribution < 1.29 is 0 Å². The Morgan fingerprint density at radius 1 is 1.00 bits per heavy atom. The highest BCUT2D eigenvalue weighted by atomic mass is 15.0. The topological polar surface area (TPSA) is 12.0 Å². The molecule has 1 heteroatoms. The maximum absolute atomic E-state index is 3.74. The monoisotopic (exact) mass is 153 g/mol. The van der Waals surface area contributed by atoms with Crippen LogP contribution < -0.4 is 5.32 Å². The van der Waals surface area contributed by atoms with Crippen LogP contribution >= 0.6 is 0 Å². The lowest BCUT2D eigenvalue weighted by molar-refractivity contribution is 0.279. The summed E-state index contributed by atoms with van der Waals surface area (Å²) in [7, 11) is 0. The molecular formula is C10H19N. The molecule has 1 nitrogen and oxygen atoms in total. The van der Waals surface area contributed by atoms with Crippen LogP contribution in [-0.4, -0.2) is 12.1 Å². The van der Waals surface area contributed by atoms with Crippen molar-refractivity contribution in [2.45, 2.75) is 57.5 Å². The van der Waals surface area contributed by atoms with Gasteiger partial charge in [-0.05, 0) is 31.6 Å². The fourth-order valence-electron chi connectivity index (χ4n) is 2.12. The molecular weight excluding hydrogens is 134 g/mol. The van der Waals surface area contributed by atoms with Crippen LogP contribution in [0.15, 0.2) is 0 Å². The Morgan fingerprint density at radius 2 is 1.73 bits per heavy atom. The van der Waals surface area contributed by atoms with Gasteiger partial charge < -0.3 is 5.32 Å². The van der Waals surface area contributed by atoms with Crippen molar-refractivity contribution in [2.24, 2.45) is 5.92 Å². The standard InChI is InChI=1S/C10H19N/c1-8-4-2-3-5-10(8)11-9-6-7-9/h8-11H,2-7H2,1H3/t8-,10-/m1/s1. The summed E-state index contributed by atoms with van der Waals surface area (Å²) in [5, 5.41) is 3.74. The molecule has 0 radical (unpaired) electrons. The van der Waals surface area contributed by atoms with Crippen LogP contribution in [0.1, 0.15) is 45.4 Å². The van der Waals surface area contributed by atoms with Crippen molar-refractivity contribution in [3.63, 3.8) is 0 Å². The van der Waals surface area contributed by atoms with E-state index in [-0.39, 0.29) is 0 Å². The molecule has 0 aromatic rings. The summed E-state index contributed by atoms with van der Waals surface area (Å²) in [6, 6.07) is 1.76. The molecule has 0 spiro atoms. The Labute approximate surface area is 69.6 Å². The maximum Gasteiger partial charge on any atom is 0.00952 e. The van der Waals surface area contributed by atoms with Gasteiger partial charge in [-0.1, -0.05) is 19.8 Å². The van der Waals surface area contributed by atoms with Gasteiger partial charge in [-0.2, -0.15) is 0 Å². The first-order valence-electron chi connectivity index (χ1n) is 5.12. The van der Waals surface area contributed by atoms with Crippen molar-refractivity contribution in [2.75, 3.05) is 0 Å². The van der Waals surface area contributed by atoms with E-state index >= 15 is 0 Å². The van der Waals surface area contributed by atoms with E-state index in [0.29, 0.717) is 0 Å². The summed E-state index contributed by atoms with van der Waals surface area (Å²) in [6.07, 6.45) is 8.66. The van der Waals surface area contributed by atoms with Gasteiger partial charge in [0.15, 0.2) is 0 Å². The molecule has 2 fully saturated rings. The molecule has 2 aliphatic carbocycles. The molecule has 2 aliphatic rings. The SMILES string of the molecule is C[C@@H]1CCCC[C@H]1NC1CC1. The van der Waals surface area contributed by atoms with Crippen LogP contribution in [0, 0.1) is 5.92 Å². The Morgan fingerprint density at radius 3 is 2.36 bits per heavy atom. The van der Waals surface area contributed by atoms with E-state index < -0.39 is 0 Å². The molecule has 0 saturated heterocycles. The Kier molecular flexibility index (Phi) is 2.17. The molecule has 0 aliphatic heterocycles. The van der Waals surface area contributed by atoms with E-state index in [2.05, 4.69) is 12.2 Å². The van der Waals surface area contributed by atoms with Gasteiger partial charge in [0.25, 0.3) is 0 Å². The Bertz CT molecular complexity index is 129. The van der Waals surface area contributed by atoms with Gasteiger partial charge >= 0.3 is 0 Å². The average Bonchev–Trinajstić information content (AvgIpc) is 2.78. The van der Waals surface area contributed by atoms with Crippen molar-refractivity contribution in [3.05, 3.63) is 0 Å². The predicted molar refractivity (Wildman–Crippen MR) is 47.6 cm³/mol. The number of hydrogen-bond donors (Lipinski definition) is 1. The molecule has 0 bridgehead atoms. The van der Waals surface area contributed by atoms with E-state index in [4.69, 9.17) is 0 Å². The second-order valence-electron chi connectivity index (χ2n) is 4.31. The minimum Gasteiger partial charge on any atom is -0.311 e. The predicted octanol–water partition coefficient (Wildman–Crippen LogP) is 2.32. The van der Waals surface area contributed by atoms with Gasteiger partial charge in [0.2, 0.25) is 0 Å². The van der Waals surface area contributed by atoms with Crippen LogP contribution in [0.3, 0.4) is 0 Å². The third-order valence-corrected chi connectivity index (χ3v) is 3.14. The summed E-state index contributed by atoms with van der Waals surface area (Å²) >= 11 is 0. The largest absolute Gasteiger partial charge is 0.311 e. The zero-order chi connectivity index (χ0) is 7.68. The van der Waals surface area contributed by atoms with Crippen LogP contribution in [0.4, 0.5) is 0 Å². The minimum atomic E-state index is 0.858. The molecule has 2 atom stereocenters. The normalized spacial score (nSPS) is 39.0. The van der Waals surface area contributed by atoms with Crippen molar-refractivity contribution in [1.82, 2.24) is 5.32 Å². The molecule has 2 rings (SSSR count). The molecule has 0 heterocycles. The van der Waals surface area contributed by atoms with Gasteiger partial charge in [-0.3, -0.25) is 0 Å². The van der Waals surface area contributed by atoms with Gasteiger partial charge in [-0.25, -0.2) is 0 Å². The van der Waals surface area contributed by atoms with E-state index in [0.717, 1.165) is 18.0 Å². The minimum absolute atomic E-state index is 0.858. The number of rotatable bonds is 2. The summed E-state index contributed by atoms with van der Waals surface area (Å²) in [4.78, 5) is 0. The molecule has 0 aromatic heterocycles. The molecule has 1 N–H and O–H groups in total. The zero-order valence-electron chi connectivity index (χ0n) is 7.47. The molecule has 0 aromatic carbocycles. The first-order valence-corrected chi connectivity index (χ1v) is 5.12. The van der Waals surface area contributed by atoms with Crippen LogP contribution in [0.25, 0.3) is 0 Å². The first kappa shape index (κ1) is 7.60. The van der Waals surface area contributed by atoms with Crippen molar-refractivity contribution in [3.8, 4) is 0 Å². The second-order valence-corrected chi connectivity index (χ2v) is 4.31. The highest BCUT2D eigenvalue weighted by molar-refractivity contribution is 4.88. The van der Waals surface area contributed by atoms with Crippen LogP contribution in [0.2, 0.25) is 0 Å². The Balaban J connectivity index is 1.78. The fourth-order valence-corrected chi connectivity index (χ4v) is 2.12. The summed E-state index contributed by atoms with van der Waals surface area (Å²) in [6.45, 7) is 2.40. The van der Waals surface area contributed by atoms with Gasteiger partial charge in [-0.15, -0.1) is 0 Å². The third-order valence-electron chi connectivity index (χ3n) is 3.14. The third kappa shape index (κ3) is 1.96.